The third-order valence-electron chi connectivity index (χ3n) is 3.05. The Bertz CT molecular complexity index is 441. The van der Waals surface area contributed by atoms with Crippen LogP contribution in [0.15, 0.2) is 12.3 Å². The molecule has 1 aromatic heterocycles. The van der Waals surface area contributed by atoms with Gasteiger partial charge in [-0.05, 0) is 19.4 Å². The minimum absolute atomic E-state index is 0.0961. The van der Waals surface area contributed by atoms with Crippen LogP contribution in [0.4, 0.5) is 0 Å². The predicted molar refractivity (Wildman–Crippen MR) is 59.1 cm³/mol. The van der Waals surface area contributed by atoms with Gasteiger partial charge in [-0.25, -0.2) is 4.79 Å². The molecule has 17 heavy (non-hydrogen) atoms. The van der Waals surface area contributed by atoms with Gasteiger partial charge in [0.05, 0.1) is 12.2 Å². The maximum absolute atomic E-state index is 11.6. The van der Waals surface area contributed by atoms with Gasteiger partial charge in [-0.15, -0.1) is 0 Å². The number of hydrogen-bond donors (Lipinski definition) is 1. The largest absolute Gasteiger partial charge is 0.480 e. The maximum atomic E-state index is 11.6. The van der Waals surface area contributed by atoms with E-state index in [1.54, 1.807) is 10.9 Å². The van der Waals surface area contributed by atoms with E-state index in [1.165, 1.54) is 4.90 Å². The SMILES string of the molecule is CCn1nccc1CN1C(=O)CCC1C(=O)O. The molecule has 0 aliphatic carbocycles. The average Bonchev–Trinajstić information content (AvgIpc) is 2.87. The fourth-order valence-corrected chi connectivity index (χ4v) is 2.14. The standard InChI is InChI=1S/C11H15N3O3/c1-2-14-8(5-6-12-14)7-13-9(11(16)17)3-4-10(13)15/h5-6,9H,2-4,7H2,1H3,(H,16,17). The van der Waals surface area contributed by atoms with Gasteiger partial charge in [0.15, 0.2) is 0 Å². The molecule has 1 saturated heterocycles. The zero-order valence-corrected chi connectivity index (χ0v) is 9.67. The predicted octanol–water partition coefficient (Wildman–Crippen LogP) is 0.479. The first-order chi connectivity index (χ1) is 8.13. The molecule has 2 rings (SSSR count). The molecule has 1 atom stereocenters. The second kappa shape index (κ2) is 4.57. The number of aryl methyl sites for hydroxylation is 1. The van der Waals surface area contributed by atoms with Crippen molar-refractivity contribution in [1.29, 1.82) is 0 Å². The molecule has 1 unspecified atom stereocenters. The van der Waals surface area contributed by atoms with Gasteiger partial charge in [-0.3, -0.25) is 9.48 Å². The average molecular weight is 237 g/mol. The summed E-state index contributed by atoms with van der Waals surface area (Å²) in [5, 5.41) is 13.1. The molecule has 0 saturated carbocycles. The highest BCUT2D eigenvalue weighted by Crippen LogP contribution is 2.21. The Morgan fingerprint density at radius 1 is 1.65 bits per heavy atom. The second-order valence-corrected chi connectivity index (χ2v) is 4.05. The highest BCUT2D eigenvalue weighted by Gasteiger charge is 2.36. The van der Waals surface area contributed by atoms with Crippen LogP contribution < -0.4 is 0 Å². The van der Waals surface area contributed by atoms with Gasteiger partial charge in [-0.2, -0.15) is 5.10 Å². The molecule has 0 bridgehead atoms. The van der Waals surface area contributed by atoms with Crippen molar-refractivity contribution >= 4 is 11.9 Å². The number of rotatable bonds is 4. The Morgan fingerprint density at radius 3 is 3.06 bits per heavy atom. The van der Waals surface area contributed by atoms with Crippen LogP contribution in [-0.4, -0.2) is 37.7 Å². The van der Waals surface area contributed by atoms with Gasteiger partial charge in [0.25, 0.3) is 0 Å². The van der Waals surface area contributed by atoms with Crippen LogP contribution in [0.2, 0.25) is 0 Å². The van der Waals surface area contributed by atoms with E-state index in [0.717, 1.165) is 5.69 Å². The van der Waals surface area contributed by atoms with E-state index in [2.05, 4.69) is 5.10 Å². The molecule has 0 spiro atoms. The topological polar surface area (TPSA) is 75.4 Å². The van der Waals surface area contributed by atoms with Crippen LogP contribution in [-0.2, 0) is 22.7 Å². The van der Waals surface area contributed by atoms with Gasteiger partial charge in [0.1, 0.15) is 6.04 Å². The molecule has 1 N–H and O–H groups in total. The molecule has 92 valence electrons. The van der Waals surface area contributed by atoms with Crippen molar-refractivity contribution in [3.05, 3.63) is 18.0 Å². The van der Waals surface area contributed by atoms with Crippen LogP contribution in [0.5, 0.6) is 0 Å². The summed E-state index contributed by atoms with van der Waals surface area (Å²) in [5.41, 5.74) is 0.869. The molecule has 1 aliphatic rings. The molecule has 1 aliphatic heterocycles. The molecule has 6 nitrogen and oxygen atoms in total. The molecule has 1 amide bonds. The van der Waals surface area contributed by atoms with Crippen molar-refractivity contribution in [1.82, 2.24) is 14.7 Å². The van der Waals surface area contributed by atoms with Crippen LogP contribution in [0.1, 0.15) is 25.5 Å². The van der Waals surface area contributed by atoms with Crippen LogP contribution in [0.3, 0.4) is 0 Å². The van der Waals surface area contributed by atoms with Gasteiger partial charge in [-0.1, -0.05) is 0 Å². The highest BCUT2D eigenvalue weighted by atomic mass is 16.4. The number of nitrogens with zero attached hydrogens (tertiary/aromatic N) is 3. The fourth-order valence-electron chi connectivity index (χ4n) is 2.14. The van der Waals surface area contributed by atoms with Crippen molar-refractivity contribution in [2.24, 2.45) is 0 Å². The van der Waals surface area contributed by atoms with Gasteiger partial charge >= 0.3 is 5.97 Å². The Kier molecular flexibility index (Phi) is 3.12. The highest BCUT2D eigenvalue weighted by molar-refractivity contribution is 5.87. The number of carboxylic acids is 1. The Hall–Kier alpha value is -1.85. The third kappa shape index (κ3) is 2.15. The quantitative estimate of drug-likeness (QED) is 0.826. The van der Waals surface area contributed by atoms with Crippen molar-refractivity contribution in [3.8, 4) is 0 Å². The number of carbonyl (C=O) groups is 2. The van der Waals surface area contributed by atoms with Crippen LogP contribution >= 0.6 is 0 Å². The molecular weight excluding hydrogens is 222 g/mol. The minimum atomic E-state index is -0.932. The van der Waals surface area contributed by atoms with E-state index in [-0.39, 0.29) is 5.91 Å². The van der Waals surface area contributed by atoms with E-state index in [1.807, 2.05) is 13.0 Å². The van der Waals surface area contributed by atoms with Crippen molar-refractivity contribution in [3.63, 3.8) is 0 Å². The number of carbonyl (C=O) groups excluding carboxylic acids is 1. The van der Waals surface area contributed by atoms with Crippen LogP contribution in [0, 0.1) is 0 Å². The number of carboxylic acid groups (broad SMARTS) is 1. The monoisotopic (exact) mass is 237 g/mol. The summed E-state index contributed by atoms with van der Waals surface area (Å²) in [7, 11) is 0. The summed E-state index contributed by atoms with van der Waals surface area (Å²) in [6.07, 6.45) is 2.38. The maximum Gasteiger partial charge on any atom is 0.326 e. The molecule has 1 aromatic rings. The molecule has 0 aromatic carbocycles. The zero-order chi connectivity index (χ0) is 12.4. The Balaban J connectivity index is 2.16. The Labute approximate surface area is 98.8 Å². The number of aliphatic carboxylic acids is 1. The summed E-state index contributed by atoms with van der Waals surface area (Å²) in [4.78, 5) is 24.1. The summed E-state index contributed by atoms with van der Waals surface area (Å²) in [5.74, 6) is -1.03. The number of amides is 1. The summed E-state index contributed by atoms with van der Waals surface area (Å²) in [6, 6.07) is 1.12. The van der Waals surface area contributed by atoms with Crippen molar-refractivity contribution in [2.75, 3.05) is 0 Å². The Morgan fingerprint density at radius 2 is 2.41 bits per heavy atom. The lowest BCUT2D eigenvalue weighted by molar-refractivity contribution is -0.146. The van der Waals surface area contributed by atoms with E-state index >= 15 is 0 Å². The lowest BCUT2D eigenvalue weighted by Crippen LogP contribution is -2.38. The summed E-state index contributed by atoms with van der Waals surface area (Å²) >= 11 is 0. The molecular formula is C11H15N3O3. The van der Waals surface area contributed by atoms with Gasteiger partial charge < -0.3 is 10.0 Å². The number of likely N-dealkylation sites (tertiary alicyclic amines) is 1. The van der Waals surface area contributed by atoms with E-state index in [4.69, 9.17) is 5.11 Å². The van der Waals surface area contributed by atoms with Gasteiger partial charge in [0.2, 0.25) is 5.91 Å². The first-order valence-corrected chi connectivity index (χ1v) is 5.66. The first kappa shape index (κ1) is 11.6. The lowest BCUT2D eigenvalue weighted by atomic mass is 10.2. The third-order valence-corrected chi connectivity index (χ3v) is 3.05. The van der Waals surface area contributed by atoms with E-state index < -0.39 is 12.0 Å². The summed E-state index contributed by atoms with van der Waals surface area (Å²) in [6.45, 7) is 2.99. The molecule has 1 fully saturated rings. The first-order valence-electron chi connectivity index (χ1n) is 5.66. The normalized spacial score (nSPS) is 19.9. The minimum Gasteiger partial charge on any atom is -0.480 e. The molecule has 2 heterocycles. The summed E-state index contributed by atoms with van der Waals surface area (Å²) < 4.78 is 1.77. The fraction of sp³-hybridized carbons (Fsp3) is 0.545. The van der Waals surface area contributed by atoms with Crippen molar-refractivity contribution < 1.29 is 14.7 Å². The molecule has 0 radical (unpaired) electrons. The van der Waals surface area contributed by atoms with E-state index in [0.29, 0.717) is 25.9 Å². The zero-order valence-electron chi connectivity index (χ0n) is 9.67. The molecule has 6 heteroatoms. The van der Waals surface area contributed by atoms with Crippen LogP contribution in [0.25, 0.3) is 0 Å². The van der Waals surface area contributed by atoms with Gasteiger partial charge in [0, 0.05) is 19.2 Å². The van der Waals surface area contributed by atoms with Crippen molar-refractivity contribution in [2.45, 2.75) is 38.9 Å². The van der Waals surface area contributed by atoms with E-state index in [9.17, 15) is 9.59 Å². The second-order valence-electron chi connectivity index (χ2n) is 4.05. The smallest absolute Gasteiger partial charge is 0.326 e. The number of hydrogen-bond acceptors (Lipinski definition) is 3. The number of aromatic nitrogens is 2. The lowest BCUT2D eigenvalue weighted by Gasteiger charge is -2.21.